The molecular weight excluding hydrogens is 168 g/mol. The summed E-state index contributed by atoms with van der Waals surface area (Å²) in [6, 6.07) is -0.342. The Morgan fingerprint density at radius 2 is 2.00 bits per heavy atom. The van der Waals surface area contributed by atoms with E-state index in [-0.39, 0.29) is 17.9 Å². The van der Waals surface area contributed by atoms with E-state index in [0.29, 0.717) is 5.92 Å². The van der Waals surface area contributed by atoms with Crippen LogP contribution in [0.5, 0.6) is 0 Å². The average molecular weight is 182 g/mol. The number of nitrogens with one attached hydrogen (secondary N) is 2. The number of imide groups is 1. The Kier molecular flexibility index (Phi) is 1.62. The molecule has 1 aliphatic carbocycles. The van der Waals surface area contributed by atoms with Crippen molar-refractivity contribution < 1.29 is 9.59 Å². The van der Waals surface area contributed by atoms with E-state index in [1.54, 1.807) is 0 Å². The third kappa shape index (κ3) is 1.04. The minimum absolute atomic E-state index is 0.144. The molecule has 0 aromatic rings. The van der Waals surface area contributed by atoms with Crippen LogP contribution in [-0.4, -0.2) is 17.5 Å². The molecule has 4 heteroatoms. The Bertz CT molecular complexity index is 267. The highest BCUT2D eigenvalue weighted by molar-refractivity contribution is 6.07. The highest BCUT2D eigenvalue weighted by Crippen LogP contribution is 2.45. The monoisotopic (exact) mass is 182 g/mol. The third-order valence-corrected chi connectivity index (χ3v) is 3.06. The molecule has 3 amide bonds. The van der Waals surface area contributed by atoms with Crippen molar-refractivity contribution >= 4 is 11.9 Å². The Morgan fingerprint density at radius 3 is 2.31 bits per heavy atom. The first kappa shape index (κ1) is 8.53. The summed E-state index contributed by atoms with van der Waals surface area (Å²) in [5.74, 6) is 0.361. The zero-order valence-electron chi connectivity index (χ0n) is 7.89. The second kappa shape index (κ2) is 2.47. The molecule has 0 bridgehead atoms. The molecule has 2 N–H and O–H groups in total. The van der Waals surface area contributed by atoms with Gasteiger partial charge in [-0.1, -0.05) is 13.8 Å². The molecule has 1 aliphatic heterocycles. The second-order valence-corrected chi connectivity index (χ2v) is 4.21. The molecule has 0 aromatic heterocycles. The number of hydrogen-bond acceptors (Lipinski definition) is 2. The van der Waals surface area contributed by atoms with Crippen molar-refractivity contribution in [2.45, 2.75) is 32.2 Å². The first-order valence-corrected chi connectivity index (χ1v) is 4.71. The van der Waals surface area contributed by atoms with Crippen molar-refractivity contribution in [2.24, 2.45) is 11.8 Å². The van der Waals surface area contributed by atoms with Gasteiger partial charge in [0.25, 0.3) is 5.91 Å². The molecule has 1 saturated carbocycles. The molecule has 1 heterocycles. The van der Waals surface area contributed by atoms with Gasteiger partial charge in [0.2, 0.25) is 0 Å². The fourth-order valence-electron chi connectivity index (χ4n) is 2.19. The molecule has 2 aliphatic rings. The largest absolute Gasteiger partial charge is 0.323 e. The molecule has 0 radical (unpaired) electrons. The topological polar surface area (TPSA) is 58.2 Å². The molecule has 2 fully saturated rings. The van der Waals surface area contributed by atoms with Crippen molar-refractivity contribution in [3.05, 3.63) is 0 Å². The van der Waals surface area contributed by atoms with Crippen molar-refractivity contribution in [3.8, 4) is 0 Å². The highest BCUT2D eigenvalue weighted by atomic mass is 16.2. The Labute approximate surface area is 77.1 Å². The number of rotatable bonds is 2. The number of carbonyl (C=O) groups excluding carboxylic acids is 2. The number of amides is 3. The van der Waals surface area contributed by atoms with Gasteiger partial charge in [-0.2, -0.15) is 0 Å². The van der Waals surface area contributed by atoms with Gasteiger partial charge in [0.05, 0.1) is 0 Å². The SMILES string of the molecule is CC(C)C1(C2CC2)NC(=O)NC1=O. The molecule has 1 atom stereocenters. The zero-order chi connectivity index (χ0) is 9.64. The van der Waals surface area contributed by atoms with Crippen LogP contribution in [0.4, 0.5) is 4.79 Å². The Hall–Kier alpha value is -1.06. The highest BCUT2D eigenvalue weighted by Gasteiger charge is 2.57. The van der Waals surface area contributed by atoms with Crippen molar-refractivity contribution in [2.75, 3.05) is 0 Å². The minimum Gasteiger partial charge on any atom is -0.323 e. The quantitative estimate of drug-likeness (QED) is 0.615. The summed E-state index contributed by atoms with van der Waals surface area (Å²) < 4.78 is 0. The van der Waals surface area contributed by atoms with Crippen LogP contribution in [0, 0.1) is 11.8 Å². The standard InChI is InChI=1S/C9H14N2O2/c1-5(2)9(6-3-4-6)7(12)10-8(13)11-9/h5-6H,3-4H2,1-2H3,(H2,10,11,12,13). The molecule has 1 unspecified atom stereocenters. The second-order valence-electron chi connectivity index (χ2n) is 4.21. The van der Waals surface area contributed by atoms with Crippen LogP contribution in [0.25, 0.3) is 0 Å². The maximum Gasteiger partial charge on any atom is 0.322 e. The predicted octanol–water partition coefficient (Wildman–Crippen LogP) is 0.631. The summed E-state index contributed by atoms with van der Waals surface area (Å²) in [6.07, 6.45) is 2.09. The van der Waals surface area contributed by atoms with Crippen LogP contribution in [-0.2, 0) is 4.79 Å². The Balaban J connectivity index is 2.32. The van der Waals surface area contributed by atoms with E-state index in [1.165, 1.54) is 0 Å². The number of urea groups is 1. The fourth-order valence-corrected chi connectivity index (χ4v) is 2.19. The van der Waals surface area contributed by atoms with E-state index in [9.17, 15) is 9.59 Å². The van der Waals surface area contributed by atoms with Crippen LogP contribution >= 0.6 is 0 Å². The number of carbonyl (C=O) groups is 2. The maximum absolute atomic E-state index is 11.6. The van der Waals surface area contributed by atoms with Crippen LogP contribution in [0.15, 0.2) is 0 Å². The maximum atomic E-state index is 11.6. The molecule has 72 valence electrons. The van der Waals surface area contributed by atoms with Crippen molar-refractivity contribution in [3.63, 3.8) is 0 Å². The third-order valence-electron chi connectivity index (χ3n) is 3.06. The van der Waals surface area contributed by atoms with Gasteiger partial charge < -0.3 is 5.32 Å². The van der Waals surface area contributed by atoms with Gasteiger partial charge in [-0.15, -0.1) is 0 Å². The van der Waals surface area contributed by atoms with E-state index in [0.717, 1.165) is 12.8 Å². The number of hydrogen-bond donors (Lipinski definition) is 2. The lowest BCUT2D eigenvalue weighted by Crippen LogP contribution is -2.53. The molecule has 0 spiro atoms. The fraction of sp³-hybridized carbons (Fsp3) is 0.778. The lowest BCUT2D eigenvalue weighted by molar-refractivity contribution is -0.126. The van der Waals surface area contributed by atoms with Gasteiger partial charge in [0.15, 0.2) is 0 Å². The minimum atomic E-state index is -0.614. The molecule has 2 rings (SSSR count). The van der Waals surface area contributed by atoms with Gasteiger partial charge in [0, 0.05) is 0 Å². The van der Waals surface area contributed by atoms with E-state index in [4.69, 9.17) is 0 Å². The summed E-state index contributed by atoms with van der Waals surface area (Å²) in [4.78, 5) is 22.7. The first-order valence-electron chi connectivity index (χ1n) is 4.71. The average Bonchev–Trinajstić information content (AvgIpc) is 2.78. The predicted molar refractivity (Wildman–Crippen MR) is 47.0 cm³/mol. The van der Waals surface area contributed by atoms with E-state index < -0.39 is 5.54 Å². The van der Waals surface area contributed by atoms with E-state index in [1.807, 2.05) is 13.8 Å². The summed E-state index contributed by atoms with van der Waals surface area (Å²) in [5, 5.41) is 5.10. The van der Waals surface area contributed by atoms with Gasteiger partial charge in [0.1, 0.15) is 5.54 Å². The van der Waals surface area contributed by atoms with E-state index in [2.05, 4.69) is 10.6 Å². The van der Waals surface area contributed by atoms with Gasteiger partial charge in [-0.05, 0) is 24.7 Å². The molecular formula is C9H14N2O2. The van der Waals surface area contributed by atoms with Crippen LogP contribution in [0.2, 0.25) is 0 Å². The zero-order valence-corrected chi connectivity index (χ0v) is 7.89. The lowest BCUT2D eigenvalue weighted by Gasteiger charge is -2.30. The van der Waals surface area contributed by atoms with Gasteiger partial charge in [-0.3, -0.25) is 10.1 Å². The molecule has 0 aromatic carbocycles. The molecule has 1 saturated heterocycles. The van der Waals surface area contributed by atoms with Crippen molar-refractivity contribution in [1.29, 1.82) is 0 Å². The van der Waals surface area contributed by atoms with E-state index >= 15 is 0 Å². The molecule has 13 heavy (non-hydrogen) atoms. The smallest absolute Gasteiger partial charge is 0.322 e. The summed E-state index contributed by atoms with van der Waals surface area (Å²) in [6.45, 7) is 3.95. The summed E-state index contributed by atoms with van der Waals surface area (Å²) in [7, 11) is 0. The summed E-state index contributed by atoms with van der Waals surface area (Å²) >= 11 is 0. The van der Waals surface area contributed by atoms with Crippen LogP contribution < -0.4 is 10.6 Å². The van der Waals surface area contributed by atoms with Gasteiger partial charge in [-0.25, -0.2) is 4.79 Å². The van der Waals surface area contributed by atoms with Gasteiger partial charge >= 0.3 is 6.03 Å². The summed E-state index contributed by atoms with van der Waals surface area (Å²) in [5.41, 5.74) is -0.614. The van der Waals surface area contributed by atoms with Crippen molar-refractivity contribution in [1.82, 2.24) is 10.6 Å². The first-order chi connectivity index (χ1) is 6.07. The Morgan fingerprint density at radius 1 is 1.38 bits per heavy atom. The lowest BCUT2D eigenvalue weighted by atomic mass is 9.82. The normalized spacial score (nSPS) is 33.5. The van der Waals surface area contributed by atoms with Crippen LogP contribution in [0.1, 0.15) is 26.7 Å². The van der Waals surface area contributed by atoms with Crippen LogP contribution in [0.3, 0.4) is 0 Å². The molecule has 4 nitrogen and oxygen atoms in total.